The zero-order valence-corrected chi connectivity index (χ0v) is 11.4. The number of ether oxygens (including phenoxy) is 1. The first-order valence-electron chi connectivity index (χ1n) is 6.42. The van der Waals surface area contributed by atoms with E-state index in [4.69, 9.17) is 4.74 Å². The molecule has 18 heavy (non-hydrogen) atoms. The molecule has 5 heteroatoms. The molecule has 0 bridgehead atoms. The van der Waals surface area contributed by atoms with Gasteiger partial charge in [0.15, 0.2) is 0 Å². The number of nitrogens with one attached hydrogen (secondary N) is 1. The number of nitrogens with zero attached hydrogens (tertiary/aromatic N) is 1. The Balaban J connectivity index is 2.66. The van der Waals surface area contributed by atoms with Crippen LogP contribution >= 0.6 is 0 Å². The van der Waals surface area contributed by atoms with E-state index in [1.54, 1.807) is 6.08 Å². The minimum atomic E-state index is -0.520. The molecule has 1 aliphatic carbocycles. The minimum absolute atomic E-state index is 0.287. The van der Waals surface area contributed by atoms with E-state index in [2.05, 4.69) is 10.3 Å². The number of carbonyl (C=O) groups is 1. The molecular weight excluding hydrogens is 232 g/mol. The summed E-state index contributed by atoms with van der Waals surface area (Å²) in [7, 11) is 0. The average molecular weight is 254 g/mol. The van der Waals surface area contributed by atoms with Crippen LogP contribution in [0.5, 0.6) is 0 Å². The molecule has 0 aromatic carbocycles. The number of hydrogen-bond acceptors (Lipinski definition) is 4. The van der Waals surface area contributed by atoms with Crippen molar-refractivity contribution in [3.05, 3.63) is 0 Å². The molecule has 102 valence electrons. The third kappa shape index (κ3) is 4.88. The third-order valence-electron chi connectivity index (χ3n) is 3.02. The first kappa shape index (κ1) is 14.7. The number of isocyanates is 1. The summed E-state index contributed by atoms with van der Waals surface area (Å²) in [5, 5.41) is 2.89. The summed E-state index contributed by atoms with van der Waals surface area (Å²) in [5.41, 5.74) is -0.953. The smallest absolute Gasteiger partial charge is 0.408 e. The van der Waals surface area contributed by atoms with E-state index in [1.165, 1.54) is 0 Å². The fourth-order valence-corrected chi connectivity index (χ4v) is 2.25. The van der Waals surface area contributed by atoms with Crippen LogP contribution in [0, 0.1) is 0 Å². The van der Waals surface area contributed by atoms with Crippen molar-refractivity contribution in [1.82, 2.24) is 5.32 Å². The second kappa shape index (κ2) is 6.01. The summed E-state index contributed by atoms with van der Waals surface area (Å²) in [6.45, 7) is 5.76. The van der Waals surface area contributed by atoms with Crippen LogP contribution in [0.1, 0.15) is 52.9 Å². The van der Waals surface area contributed by atoms with Crippen molar-refractivity contribution in [2.45, 2.75) is 64.0 Å². The van der Waals surface area contributed by atoms with Gasteiger partial charge in [-0.25, -0.2) is 14.6 Å². The van der Waals surface area contributed by atoms with Crippen LogP contribution in [-0.2, 0) is 9.53 Å². The number of hydrogen-bond donors (Lipinski definition) is 1. The van der Waals surface area contributed by atoms with Gasteiger partial charge in [-0.2, -0.15) is 0 Å². The molecule has 0 aromatic rings. The lowest BCUT2D eigenvalue weighted by Gasteiger charge is -2.36. The Morgan fingerprint density at radius 3 is 2.44 bits per heavy atom. The molecule has 0 aromatic heterocycles. The van der Waals surface area contributed by atoms with Crippen molar-refractivity contribution in [3.63, 3.8) is 0 Å². The van der Waals surface area contributed by atoms with E-state index < -0.39 is 17.2 Å². The lowest BCUT2D eigenvalue weighted by molar-refractivity contribution is 0.0431. The zero-order valence-electron chi connectivity index (χ0n) is 11.4. The van der Waals surface area contributed by atoms with Crippen molar-refractivity contribution in [3.8, 4) is 0 Å². The predicted octanol–water partition coefficient (Wildman–Crippen LogP) is 2.55. The topological polar surface area (TPSA) is 67.8 Å². The van der Waals surface area contributed by atoms with Gasteiger partial charge < -0.3 is 10.1 Å². The Morgan fingerprint density at radius 1 is 1.33 bits per heavy atom. The van der Waals surface area contributed by atoms with Gasteiger partial charge in [0, 0.05) is 0 Å². The van der Waals surface area contributed by atoms with Gasteiger partial charge in [0.2, 0.25) is 6.08 Å². The molecule has 1 fully saturated rings. The number of amides is 1. The third-order valence-corrected chi connectivity index (χ3v) is 3.02. The highest BCUT2D eigenvalue weighted by Crippen LogP contribution is 2.28. The summed E-state index contributed by atoms with van der Waals surface area (Å²) < 4.78 is 5.26. The summed E-state index contributed by atoms with van der Waals surface area (Å²) in [6.07, 6.45) is 5.99. The Hall–Kier alpha value is -1.35. The summed E-state index contributed by atoms with van der Waals surface area (Å²) in [4.78, 5) is 25.7. The van der Waals surface area contributed by atoms with Gasteiger partial charge in [0.1, 0.15) is 5.60 Å². The monoisotopic (exact) mass is 254 g/mol. The zero-order chi connectivity index (χ0) is 13.6. The molecule has 0 atom stereocenters. The molecular formula is C13H22N2O3. The van der Waals surface area contributed by atoms with E-state index in [0.29, 0.717) is 0 Å². The number of alkyl carbamates (subject to hydrolysis) is 1. The lowest BCUT2D eigenvalue weighted by atomic mass is 9.82. The molecule has 0 radical (unpaired) electrons. The van der Waals surface area contributed by atoms with Gasteiger partial charge in [0.05, 0.1) is 12.1 Å². The molecule has 1 amide bonds. The van der Waals surface area contributed by atoms with E-state index in [0.717, 1.165) is 32.1 Å². The second-order valence-corrected chi connectivity index (χ2v) is 5.88. The molecule has 0 spiro atoms. The van der Waals surface area contributed by atoms with Crippen LogP contribution in [0.3, 0.4) is 0 Å². The highest BCUT2D eigenvalue weighted by atomic mass is 16.6. The van der Waals surface area contributed by atoms with Gasteiger partial charge in [-0.3, -0.25) is 0 Å². The van der Waals surface area contributed by atoms with Gasteiger partial charge in [-0.1, -0.05) is 19.3 Å². The maximum atomic E-state index is 11.8. The molecule has 0 saturated heterocycles. The van der Waals surface area contributed by atoms with Crippen LogP contribution in [-0.4, -0.2) is 29.9 Å². The van der Waals surface area contributed by atoms with E-state index in [9.17, 15) is 9.59 Å². The van der Waals surface area contributed by atoms with E-state index >= 15 is 0 Å². The Labute approximate surface area is 108 Å². The number of aliphatic imine (C=N–C) groups is 1. The van der Waals surface area contributed by atoms with E-state index in [1.807, 2.05) is 20.8 Å². The molecule has 0 heterocycles. The molecule has 1 N–H and O–H groups in total. The predicted molar refractivity (Wildman–Crippen MR) is 68.2 cm³/mol. The maximum absolute atomic E-state index is 11.8. The first-order valence-corrected chi connectivity index (χ1v) is 6.42. The van der Waals surface area contributed by atoms with E-state index in [-0.39, 0.29) is 6.54 Å². The van der Waals surface area contributed by atoms with Crippen LogP contribution in [0.15, 0.2) is 4.99 Å². The molecule has 1 aliphatic rings. The first-order chi connectivity index (χ1) is 8.37. The van der Waals surface area contributed by atoms with Crippen LogP contribution in [0.4, 0.5) is 4.79 Å². The molecule has 1 saturated carbocycles. The van der Waals surface area contributed by atoms with Gasteiger partial charge in [0.25, 0.3) is 0 Å². The fraction of sp³-hybridized carbons (Fsp3) is 0.846. The standard InChI is InChI=1S/C13H22N2O3/c1-12(2,3)18-11(17)15-13(9-14-10-16)7-5-4-6-8-13/h4-9H2,1-3H3,(H,15,17). The molecule has 1 rings (SSSR count). The number of carbonyl (C=O) groups excluding carboxylic acids is 2. The van der Waals surface area contributed by atoms with Crippen molar-refractivity contribution >= 4 is 12.2 Å². The van der Waals surface area contributed by atoms with Gasteiger partial charge in [-0.05, 0) is 33.6 Å². The summed E-state index contributed by atoms with van der Waals surface area (Å²) in [6, 6.07) is 0. The minimum Gasteiger partial charge on any atom is -0.444 e. The molecule has 0 aliphatic heterocycles. The van der Waals surface area contributed by atoms with Crippen LogP contribution < -0.4 is 5.32 Å². The Bertz CT molecular complexity index is 335. The lowest BCUT2D eigenvalue weighted by Crippen LogP contribution is -2.53. The van der Waals surface area contributed by atoms with Crippen molar-refractivity contribution in [2.24, 2.45) is 4.99 Å². The molecule has 0 unspecified atom stereocenters. The van der Waals surface area contributed by atoms with Crippen molar-refractivity contribution < 1.29 is 14.3 Å². The molecule has 5 nitrogen and oxygen atoms in total. The number of rotatable bonds is 3. The van der Waals surface area contributed by atoms with Crippen molar-refractivity contribution in [2.75, 3.05) is 6.54 Å². The highest BCUT2D eigenvalue weighted by molar-refractivity contribution is 5.69. The maximum Gasteiger partial charge on any atom is 0.408 e. The summed E-state index contributed by atoms with van der Waals surface area (Å²) >= 11 is 0. The quantitative estimate of drug-likeness (QED) is 0.621. The SMILES string of the molecule is CC(C)(C)OC(=O)NC1(CN=C=O)CCCCC1. The van der Waals surface area contributed by atoms with Crippen molar-refractivity contribution in [1.29, 1.82) is 0 Å². The highest BCUT2D eigenvalue weighted by Gasteiger charge is 2.34. The van der Waals surface area contributed by atoms with Gasteiger partial charge in [-0.15, -0.1) is 0 Å². The Morgan fingerprint density at radius 2 is 1.94 bits per heavy atom. The Kier molecular flexibility index (Phi) is 4.91. The summed E-state index contributed by atoms with van der Waals surface area (Å²) in [5.74, 6) is 0. The second-order valence-electron chi connectivity index (χ2n) is 5.88. The largest absolute Gasteiger partial charge is 0.444 e. The van der Waals surface area contributed by atoms with Gasteiger partial charge >= 0.3 is 6.09 Å². The fourth-order valence-electron chi connectivity index (χ4n) is 2.25. The average Bonchev–Trinajstić information content (AvgIpc) is 2.25. The van der Waals surface area contributed by atoms with Crippen LogP contribution in [0.25, 0.3) is 0 Å². The van der Waals surface area contributed by atoms with Crippen LogP contribution in [0.2, 0.25) is 0 Å². The normalized spacial score (nSPS) is 18.6.